The fraction of sp³-hybridized carbons (Fsp3) is 0.839. The Morgan fingerprint density at radius 3 is 1.19 bits per heavy atom. The number of hydrogen-bond donors (Lipinski definition) is 3. The number of rotatable bonds is 55. The number of aliphatic hydroxyl groups is 2. The molecule has 2 unspecified atom stereocenters. The molecule has 0 aliphatic rings. The summed E-state index contributed by atoms with van der Waals surface area (Å²) in [6.07, 6.45) is 72.9. The van der Waals surface area contributed by atoms with Gasteiger partial charge in [-0.1, -0.05) is 262 Å². The van der Waals surface area contributed by atoms with Crippen LogP contribution in [0.2, 0.25) is 0 Å². The normalized spacial score (nSPS) is 12.9. The third-order valence-electron chi connectivity index (χ3n) is 13.6. The first-order chi connectivity index (χ1) is 33.5. The lowest BCUT2D eigenvalue weighted by molar-refractivity contribution is -0.143. The summed E-state index contributed by atoms with van der Waals surface area (Å²) in [6.45, 7) is 4.80. The lowest BCUT2D eigenvalue weighted by atomic mass is 10.0. The Hall–Kier alpha value is -2.18. The molecule has 398 valence electrons. The molecule has 6 nitrogen and oxygen atoms in total. The molecule has 0 fully saturated rings. The van der Waals surface area contributed by atoms with Gasteiger partial charge < -0.3 is 20.3 Å². The maximum Gasteiger partial charge on any atom is 0.305 e. The molecule has 0 spiro atoms. The predicted molar refractivity (Wildman–Crippen MR) is 296 cm³/mol. The highest BCUT2D eigenvalue weighted by Crippen LogP contribution is 2.17. The van der Waals surface area contributed by atoms with Gasteiger partial charge in [-0.05, 0) is 83.5 Å². The zero-order valence-electron chi connectivity index (χ0n) is 45.3. The van der Waals surface area contributed by atoms with Gasteiger partial charge in [0.15, 0.2) is 0 Å². The van der Waals surface area contributed by atoms with E-state index in [2.05, 4.69) is 55.6 Å². The first-order valence-corrected chi connectivity index (χ1v) is 29.9. The molecular formula is C62H115NO5. The van der Waals surface area contributed by atoms with Crippen LogP contribution in [-0.2, 0) is 14.3 Å². The second kappa shape index (κ2) is 57.4. The zero-order chi connectivity index (χ0) is 49.3. The van der Waals surface area contributed by atoms with Gasteiger partial charge in [0.1, 0.15) is 0 Å². The Morgan fingerprint density at radius 2 is 0.750 bits per heavy atom. The van der Waals surface area contributed by atoms with Crippen molar-refractivity contribution >= 4 is 11.9 Å². The number of aliphatic hydroxyl groups excluding tert-OH is 2. The average Bonchev–Trinajstić information content (AvgIpc) is 3.34. The number of hydrogen-bond acceptors (Lipinski definition) is 5. The van der Waals surface area contributed by atoms with Gasteiger partial charge in [0.05, 0.1) is 25.4 Å². The van der Waals surface area contributed by atoms with Gasteiger partial charge in [0, 0.05) is 12.8 Å². The molecule has 0 bridgehead atoms. The monoisotopic (exact) mass is 954 g/mol. The highest BCUT2D eigenvalue weighted by Gasteiger charge is 2.18. The summed E-state index contributed by atoms with van der Waals surface area (Å²) in [6, 6.07) is -0.669. The van der Waals surface area contributed by atoms with Gasteiger partial charge in [-0.15, -0.1) is 0 Å². The van der Waals surface area contributed by atoms with Crippen molar-refractivity contribution in [1.82, 2.24) is 5.32 Å². The molecule has 0 aromatic rings. The minimum absolute atomic E-state index is 0.0455. The van der Waals surface area contributed by atoms with Crippen LogP contribution in [0.3, 0.4) is 0 Å². The summed E-state index contributed by atoms with van der Waals surface area (Å²) in [7, 11) is 0. The molecule has 2 atom stereocenters. The molecule has 0 aromatic carbocycles. The maximum atomic E-state index is 12.5. The van der Waals surface area contributed by atoms with Gasteiger partial charge in [-0.2, -0.15) is 0 Å². The number of esters is 1. The number of ether oxygens (including phenoxy) is 1. The molecule has 0 saturated heterocycles. The van der Waals surface area contributed by atoms with E-state index in [1.54, 1.807) is 6.08 Å². The zero-order valence-corrected chi connectivity index (χ0v) is 45.3. The molecule has 68 heavy (non-hydrogen) atoms. The van der Waals surface area contributed by atoms with Crippen LogP contribution < -0.4 is 5.32 Å². The van der Waals surface area contributed by atoms with Crippen LogP contribution in [-0.4, -0.2) is 47.4 Å². The standard InChI is InChI=1S/C62H115NO5/c1-3-5-7-9-11-13-15-17-19-21-22-23-24-25-26-27-28-30-31-33-35-38-42-46-50-54-60(65)59(58-64)63-61(66)55-51-47-43-39-37-41-45-49-53-57-68-62(67)56-52-48-44-40-36-34-32-29-20-18-16-14-12-10-8-6-4-2/h12,14,18,20,39,43,50,54,59-60,64-65H,3-11,13,15-17,19,21-38,40-42,44-49,51-53,55-58H2,1-2H3,(H,63,66)/b14-12-,20-18-,43-39-,54-50+. The molecule has 6 heteroatoms. The molecule has 0 aliphatic carbocycles. The number of carbonyl (C=O) groups excluding carboxylic acids is 2. The Labute approximate surface area is 423 Å². The molecular weight excluding hydrogens is 839 g/mol. The molecule has 3 N–H and O–H groups in total. The van der Waals surface area contributed by atoms with Crippen LogP contribution >= 0.6 is 0 Å². The second-order valence-electron chi connectivity index (χ2n) is 20.3. The van der Waals surface area contributed by atoms with E-state index >= 15 is 0 Å². The summed E-state index contributed by atoms with van der Waals surface area (Å²) in [5.41, 5.74) is 0. The summed E-state index contributed by atoms with van der Waals surface area (Å²) < 4.78 is 5.45. The molecule has 0 aromatic heterocycles. The first kappa shape index (κ1) is 65.8. The molecule has 0 heterocycles. The highest BCUT2D eigenvalue weighted by atomic mass is 16.5. The molecule has 0 saturated carbocycles. The van der Waals surface area contributed by atoms with E-state index in [1.165, 1.54) is 205 Å². The van der Waals surface area contributed by atoms with Crippen molar-refractivity contribution in [2.75, 3.05) is 13.2 Å². The summed E-state index contributed by atoms with van der Waals surface area (Å²) >= 11 is 0. The Kier molecular flexibility index (Phi) is 55.6. The number of carbonyl (C=O) groups is 2. The number of amides is 1. The average molecular weight is 955 g/mol. The van der Waals surface area contributed by atoms with Gasteiger partial charge in [0.25, 0.3) is 0 Å². The van der Waals surface area contributed by atoms with Crippen molar-refractivity contribution in [3.05, 3.63) is 48.6 Å². The Balaban J connectivity index is 3.55. The largest absolute Gasteiger partial charge is 0.466 e. The number of allylic oxidation sites excluding steroid dienone is 7. The lowest BCUT2D eigenvalue weighted by Gasteiger charge is -2.19. The Bertz CT molecular complexity index is 1150. The molecule has 0 radical (unpaired) electrons. The van der Waals surface area contributed by atoms with Crippen LogP contribution in [0.5, 0.6) is 0 Å². The van der Waals surface area contributed by atoms with Crippen molar-refractivity contribution in [3.63, 3.8) is 0 Å². The van der Waals surface area contributed by atoms with Crippen LogP contribution in [0.15, 0.2) is 48.6 Å². The van der Waals surface area contributed by atoms with Crippen LogP contribution in [0.25, 0.3) is 0 Å². The van der Waals surface area contributed by atoms with Gasteiger partial charge in [-0.3, -0.25) is 9.59 Å². The van der Waals surface area contributed by atoms with Crippen LogP contribution in [0.1, 0.15) is 309 Å². The fourth-order valence-electron chi connectivity index (χ4n) is 8.96. The van der Waals surface area contributed by atoms with E-state index in [4.69, 9.17) is 4.74 Å². The number of unbranched alkanes of at least 4 members (excludes halogenated alkanes) is 38. The third kappa shape index (κ3) is 53.2. The lowest BCUT2D eigenvalue weighted by Crippen LogP contribution is -2.45. The molecule has 0 aliphatic heterocycles. The van der Waals surface area contributed by atoms with E-state index in [0.29, 0.717) is 19.4 Å². The molecule has 1 amide bonds. The van der Waals surface area contributed by atoms with E-state index in [1.807, 2.05) is 6.08 Å². The van der Waals surface area contributed by atoms with Crippen molar-refractivity contribution < 1.29 is 24.5 Å². The fourth-order valence-corrected chi connectivity index (χ4v) is 8.96. The first-order valence-electron chi connectivity index (χ1n) is 29.9. The maximum absolute atomic E-state index is 12.5. The number of nitrogens with one attached hydrogen (secondary N) is 1. The van der Waals surface area contributed by atoms with Crippen LogP contribution in [0.4, 0.5) is 0 Å². The van der Waals surface area contributed by atoms with Crippen molar-refractivity contribution in [1.29, 1.82) is 0 Å². The van der Waals surface area contributed by atoms with Gasteiger partial charge in [-0.25, -0.2) is 0 Å². The van der Waals surface area contributed by atoms with Crippen LogP contribution in [0, 0.1) is 0 Å². The van der Waals surface area contributed by atoms with E-state index in [9.17, 15) is 19.8 Å². The smallest absolute Gasteiger partial charge is 0.305 e. The van der Waals surface area contributed by atoms with Crippen molar-refractivity contribution in [2.24, 2.45) is 0 Å². The van der Waals surface area contributed by atoms with Crippen molar-refractivity contribution in [2.45, 2.75) is 321 Å². The van der Waals surface area contributed by atoms with Gasteiger partial charge >= 0.3 is 5.97 Å². The minimum atomic E-state index is -0.878. The predicted octanol–water partition coefficient (Wildman–Crippen LogP) is 18.6. The quantitative estimate of drug-likeness (QED) is 0.0321. The Morgan fingerprint density at radius 1 is 0.412 bits per heavy atom. The molecule has 0 rings (SSSR count). The van der Waals surface area contributed by atoms with Gasteiger partial charge in [0.2, 0.25) is 5.91 Å². The summed E-state index contributed by atoms with van der Waals surface area (Å²) in [5, 5.41) is 23.1. The van der Waals surface area contributed by atoms with E-state index in [-0.39, 0.29) is 18.5 Å². The summed E-state index contributed by atoms with van der Waals surface area (Å²) in [4.78, 5) is 24.5. The van der Waals surface area contributed by atoms with E-state index in [0.717, 1.165) is 77.0 Å². The highest BCUT2D eigenvalue weighted by molar-refractivity contribution is 5.76. The second-order valence-corrected chi connectivity index (χ2v) is 20.3. The third-order valence-corrected chi connectivity index (χ3v) is 13.6. The minimum Gasteiger partial charge on any atom is -0.466 e. The van der Waals surface area contributed by atoms with E-state index < -0.39 is 12.1 Å². The topological polar surface area (TPSA) is 95.9 Å². The SMILES string of the molecule is CCCCC/C=C\C/C=C\CCCCCCCCCC(=O)OCCCCCC/C=C\CCCC(=O)NC(CO)C(O)/C=C/CCCCCCCCCCCCCCCCCCCCCCCCC. The summed E-state index contributed by atoms with van der Waals surface area (Å²) in [5.74, 6) is -0.173. The van der Waals surface area contributed by atoms with Crippen molar-refractivity contribution in [3.8, 4) is 0 Å².